The lowest BCUT2D eigenvalue weighted by Gasteiger charge is -2.22. The number of thiophene rings is 1. The quantitative estimate of drug-likeness (QED) is 0.902. The summed E-state index contributed by atoms with van der Waals surface area (Å²) >= 11 is 3.73. The van der Waals surface area contributed by atoms with Crippen LogP contribution in [0.5, 0.6) is 0 Å². The monoisotopic (exact) mass is 310 g/mol. The highest BCUT2D eigenvalue weighted by molar-refractivity contribution is 7.99. The number of amides is 1. The first-order valence-electron chi connectivity index (χ1n) is 7.46. The van der Waals surface area contributed by atoms with E-state index < -0.39 is 0 Å². The summed E-state index contributed by atoms with van der Waals surface area (Å²) in [7, 11) is 0. The molecule has 2 N–H and O–H groups in total. The Labute approximate surface area is 128 Å². The molecule has 1 fully saturated rings. The van der Waals surface area contributed by atoms with Gasteiger partial charge in [0, 0.05) is 35.4 Å². The van der Waals surface area contributed by atoms with Crippen molar-refractivity contribution in [2.45, 2.75) is 45.1 Å². The molecule has 3 nitrogen and oxygen atoms in total. The zero-order valence-corrected chi connectivity index (χ0v) is 13.6. The normalized spacial score (nSPS) is 22.4. The fourth-order valence-electron chi connectivity index (χ4n) is 3.00. The van der Waals surface area contributed by atoms with Gasteiger partial charge in [-0.05, 0) is 43.7 Å². The molecular formula is C15H22N2OS2. The Hall–Kier alpha value is -0.520. The maximum absolute atomic E-state index is 12.2. The Morgan fingerprint density at radius 2 is 2.25 bits per heavy atom. The molecule has 1 unspecified atom stereocenters. The molecule has 0 bridgehead atoms. The molecule has 3 rings (SSSR count). The number of carbonyl (C=O) groups is 1. The number of hydrogen-bond donors (Lipinski definition) is 2. The molecule has 1 amide bonds. The zero-order chi connectivity index (χ0) is 13.9. The predicted molar refractivity (Wildman–Crippen MR) is 88.1 cm³/mol. The van der Waals surface area contributed by atoms with Crippen LogP contribution in [0.2, 0.25) is 0 Å². The lowest BCUT2D eigenvalue weighted by molar-refractivity contribution is -0.116. The molecule has 1 aromatic heterocycles. The second-order valence-electron chi connectivity index (χ2n) is 5.64. The van der Waals surface area contributed by atoms with Gasteiger partial charge >= 0.3 is 0 Å². The van der Waals surface area contributed by atoms with E-state index in [-0.39, 0.29) is 5.91 Å². The Morgan fingerprint density at radius 3 is 3.00 bits per heavy atom. The highest BCUT2D eigenvalue weighted by Gasteiger charge is 2.21. The molecular weight excluding hydrogens is 288 g/mol. The molecule has 20 heavy (non-hydrogen) atoms. The fourth-order valence-corrected chi connectivity index (χ4v) is 5.26. The van der Waals surface area contributed by atoms with Crippen LogP contribution in [0.15, 0.2) is 0 Å². The molecule has 0 spiro atoms. The van der Waals surface area contributed by atoms with Gasteiger partial charge in [0.1, 0.15) is 0 Å². The highest BCUT2D eigenvalue weighted by atomic mass is 32.2. The smallest absolute Gasteiger partial charge is 0.226 e. The third-order valence-corrected chi connectivity index (χ3v) is 6.56. The van der Waals surface area contributed by atoms with Gasteiger partial charge in [-0.25, -0.2) is 0 Å². The van der Waals surface area contributed by atoms with E-state index in [1.54, 1.807) is 11.3 Å². The van der Waals surface area contributed by atoms with E-state index in [0.29, 0.717) is 12.5 Å². The van der Waals surface area contributed by atoms with Crippen molar-refractivity contribution in [2.24, 2.45) is 0 Å². The van der Waals surface area contributed by atoms with Gasteiger partial charge < -0.3 is 10.6 Å². The van der Waals surface area contributed by atoms with Gasteiger partial charge in [0.2, 0.25) is 5.91 Å². The highest BCUT2D eigenvalue weighted by Crippen LogP contribution is 2.37. The Balaban J connectivity index is 1.62. The first-order valence-corrected chi connectivity index (χ1v) is 9.43. The lowest BCUT2D eigenvalue weighted by Crippen LogP contribution is -2.39. The minimum Gasteiger partial charge on any atom is -0.317 e. The van der Waals surface area contributed by atoms with Crippen molar-refractivity contribution >= 4 is 34.0 Å². The Bertz CT molecular complexity index is 492. The molecule has 0 aromatic carbocycles. The van der Waals surface area contributed by atoms with E-state index in [1.807, 2.05) is 11.8 Å². The number of thioether (sulfide) groups is 1. The van der Waals surface area contributed by atoms with Crippen LogP contribution in [-0.2, 0) is 17.6 Å². The first kappa shape index (κ1) is 14.4. The van der Waals surface area contributed by atoms with Gasteiger partial charge in [-0.3, -0.25) is 4.79 Å². The SMILES string of the molecule is Cc1c(NC(=O)CC2CSCCN2)sc2c1CCCC2. The number of carbonyl (C=O) groups excluding carboxylic acids is 1. The van der Waals surface area contributed by atoms with Gasteiger partial charge in [0.05, 0.1) is 5.00 Å². The maximum Gasteiger partial charge on any atom is 0.226 e. The van der Waals surface area contributed by atoms with Crippen molar-refractivity contribution in [3.8, 4) is 0 Å². The summed E-state index contributed by atoms with van der Waals surface area (Å²) in [4.78, 5) is 13.7. The van der Waals surface area contributed by atoms with E-state index >= 15 is 0 Å². The van der Waals surface area contributed by atoms with Crippen molar-refractivity contribution in [2.75, 3.05) is 23.4 Å². The summed E-state index contributed by atoms with van der Waals surface area (Å²) in [5.41, 5.74) is 2.81. The van der Waals surface area contributed by atoms with Gasteiger partial charge in [0.25, 0.3) is 0 Å². The van der Waals surface area contributed by atoms with E-state index in [0.717, 1.165) is 23.1 Å². The van der Waals surface area contributed by atoms with Crippen molar-refractivity contribution in [1.82, 2.24) is 5.32 Å². The lowest BCUT2D eigenvalue weighted by atomic mass is 9.96. The number of nitrogens with one attached hydrogen (secondary N) is 2. The van der Waals surface area contributed by atoms with Crippen molar-refractivity contribution in [3.63, 3.8) is 0 Å². The van der Waals surface area contributed by atoms with Crippen LogP contribution in [0, 0.1) is 6.92 Å². The molecule has 2 aliphatic rings. The number of anilines is 1. The molecule has 1 aromatic rings. The Morgan fingerprint density at radius 1 is 1.40 bits per heavy atom. The molecule has 5 heteroatoms. The number of hydrogen-bond acceptors (Lipinski definition) is 4. The first-order chi connectivity index (χ1) is 9.74. The summed E-state index contributed by atoms with van der Waals surface area (Å²) in [5, 5.41) is 7.65. The maximum atomic E-state index is 12.2. The van der Waals surface area contributed by atoms with Gasteiger partial charge in [-0.15, -0.1) is 11.3 Å². The summed E-state index contributed by atoms with van der Waals surface area (Å²) < 4.78 is 0. The fraction of sp³-hybridized carbons (Fsp3) is 0.667. The summed E-state index contributed by atoms with van der Waals surface area (Å²) in [6.45, 7) is 3.18. The standard InChI is InChI=1S/C15H22N2OS2/c1-10-12-4-2-3-5-13(12)20-15(10)17-14(18)8-11-9-19-7-6-16-11/h11,16H,2-9H2,1H3,(H,17,18). The summed E-state index contributed by atoms with van der Waals surface area (Å²) in [5.74, 6) is 2.37. The summed E-state index contributed by atoms with van der Waals surface area (Å²) in [6.07, 6.45) is 5.56. The third-order valence-electron chi connectivity index (χ3n) is 4.12. The van der Waals surface area contributed by atoms with Crippen LogP contribution in [0.25, 0.3) is 0 Å². The number of rotatable bonds is 3. The average molecular weight is 310 g/mol. The molecule has 1 saturated heterocycles. The van der Waals surface area contributed by atoms with Gasteiger partial charge in [-0.1, -0.05) is 0 Å². The van der Waals surface area contributed by atoms with E-state index in [2.05, 4.69) is 17.6 Å². The van der Waals surface area contributed by atoms with E-state index in [4.69, 9.17) is 0 Å². The van der Waals surface area contributed by atoms with Crippen LogP contribution in [0.3, 0.4) is 0 Å². The molecule has 1 atom stereocenters. The second-order valence-corrected chi connectivity index (χ2v) is 7.90. The minimum atomic E-state index is 0.159. The van der Waals surface area contributed by atoms with Crippen LogP contribution in [0.1, 0.15) is 35.3 Å². The van der Waals surface area contributed by atoms with Crippen LogP contribution in [-0.4, -0.2) is 30.0 Å². The van der Waals surface area contributed by atoms with Gasteiger partial charge in [-0.2, -0.15) is 11.8 Å². The average Bonchev–Trinajstić information content (AvgIpc) is 2.77. The van der Waals surface area contributed by atoms with Crippen molar-refractivity contribution < 1.29 is 4.79 Å². The predicted octanol–water partition coefficient (Wildman–Crippen LogP) is 2.97. The van der Waals surface area contributed by atoms with Crippen molar-refractivity contribution in [3.05, 3.63) is 16.0 Å². The molecule has 2 heterocycles. The Kier molecular flexibility index (Phi) is 4.68. The zero-order valence-electron chi connectivity index (χ0n) is 12.0. The topological polar surface area (TPSA) is 41.1 Å². The van der Waals surface area contributed by atoms with E-state index in [1.165, 1.54) is 41.7 Å². The van der Waals surface area contributed by atoms with Gasteiger partial charge in [0.15, 0.2) is 0 Å². The van der Waals surface area contributed by atoms with Crippen LogP contribution < -0.4 is 10.6 Å². The van der Waals surface area contributed by atoms with Crippen LogP contribution >= 0.6 is 23.1 Å². The van der Waals surface area contributed by atoms with E-state index in [9.17, 15) is 4.79 Å². The number of fused-ring (bicyclic) bond motifs is 1. The molecule has 0 radical (unpaired) electrons. The minimum absolute atomic E-state index is 0.159. The summed E-state index contributed by atoms with van der Waals surface area (Å²) in [6, 6.07) is 0.337. The van der Waals surface area contributed by atoms with Crippen molar-refractivity contribution in [1.29, 1.82) is 0 Å². The third kappa shape index (κ3) is 3.21. The van der Waals surface area contributed by atoms with Crippen LogP contribution in [0.4, 0.5) is 5.00 Å². The number of aryl methyl sites for hydroxylation is 1. The molecule has 110 valence electrons. The largest absolute Gasteiger partial charge is 0.317 e. The molecule has 1 aliphatic carbocycles. The second kappa shape index (κ2) is 6.50. The molecule has 1 aliphatic heterocycles. The molecule has 0 saturated carbocycles.